The van der Waals surface area contributed by atoms with E-state index in [1.165, 1.54) is 0 Å². The first-order valence-electron chi connectivity index (χ1n) is 9.34. The Kier molecular flexibility index (Phi) is 5.01. The zero-order chi connectivity index (χ0) is 19.8. The summed E-state index contributed by atoms with van der Waals surface area (Å²) in [5, 5.41) is 13.7. The van der Waals surface area contributed by atoms with Crippen LogP contribution in [0.25, 0.3) is 21.9 Å². The van der Waals surface area contributed by atoms with Gasteiger partial charge in [0.1, 0.15) is 0 Å². The molecule has 1 amide bonds. The molecule has 3 rings (SSSR count). The highest BCUT2D eigenvalue weighted by Crippen LogP contribution is 2.32. The van der Waals surface area contributed by atoms with E-state index in [1.807, 2.05) is 32.0 Å². The zero-order valence-electron chi connectivity index (χ0n) is 16.9. The van der Waals surface area contributed by atoms with Crippen molar-refractivity contribution in [3.05, 3.63) is 59.4 Å². The summed E-state index contributed by atoms with van der Waals surface area (Å²) in [6.45, 7) is 12.4. The number of hydrogen-bond acceptors (Lipinski definition) is 3. The molecule has 0 aliphatic rings. The summed E-state index contributed by atoms with van der Waals surface area (Å²) in [6.07, 6.45) is 1.80. The van der Waals surface area contributed by atoms with Crippen molar-refractivity contribution in [3.63, 3.8) is 0 Å². The lowest BCUT2D eigenvalue weighted by molar-refractivity contribution is 0.0943. The van der Waals surface area contributed by atoms with E-state index in [-0.39, 0.29) is 17.4 Å². The van der Waals surface area contributed by atoms with E-state index < -0.39 is 0 Å². The molecule has 3 aromatic rings. The minimum absolute atomic E-state index is 0.0482. The Labute approximate surface area is 161 Å². The molecule has 4 nitrogen and oxygen atoms in total. The van der Waals surface area contributed by atoms with Gasteiger partial charge in [0.2, 0.25) is 0 Å². The van der Waals surface area contributed by atoms with E-state index in [4.69, 9.17) is 0 Å². The summed E-state index contributed by atoms with van der Waals surface area (Å²) in [4.78, 5) is 12.4. The van der Waals surface area contributed by atoms with Crippen molar-refractivity contribution < 1.29 is 4.79 Å². The van der Waals surface area contributed by atoms with Crippen LogP contribution in [0.2, 0.25) is 0 Å². The smallest absolute Gasteiger partial charge is 0.251 e. The molecule has 0 bridgehead atoms. The molecule has 1 heterocycles. The standard InChI is InChI=1S/C23H27N3O/c1-14(2)25-22(27)17-8-7-15(3)20(12-17)16-9-10-19-18(11-16)13-24-26-21(19)23(4,5)6/h7-14H,1-6H3,(H,25,27). The van der Waals surface area contributed by atoms with Crippen LogP contribution >= 0.6 is 0 Å². The maximum Gasteiger partial charge on any atom is 0.251 e. The highest BCUT2D eigenvalue weighted by Gasteiger charge is 2.19. The topological polar surface area (TPSA) is 54.9 Å². The number of nitrogens with zero attached hydrogens (tertiary/aromatic N) is 2. The van der Waals surface area contributed by atoms with Gasteiger partial charge in [-0.3, -0.25) is 4.79 Å². The second-order valence-electron chi connectivity index (χ2n) is 8.40. The van der Waals surface area contributed by atoms with Gasteiger partial charge in [0.15, 0.2) is 0 Å². The Morgan fingerprint density at radius 2 is 1.81 bits per heavy atom. The van der Waals surface area contributed by atoms with Gasteiger partial charge in [-0.2, -0.15) is 10.2 Å². The molecule has 1 N–H and O–H groups in total. The lowest BCUT2D eigenvalue weighted by Crippen LogP contribution is -2.30. The highest BCUT2D eigenvalue weighted by molar-refractivity contribution is 5.96. The van der Waals surface area contributed by atoms with Crippen molar-refractivity contribution in [2.45, 2.75) is 53.0 Å². The summed E-state index contributed by atoms with van der Waals surface area (Å²) in [7, 11) is 0. The summed E-state index contributed by atoms with van der Waals surface area (Å²) in [5.41, 5.74) is 4.86. The van der Waals surface area contributed by atoms with E-state index in [1.54, 1.807) is 6.20 Å². The summed E-state index contributed by atoms with van der Waals surface area (Å²) >= 11 is 0. The average Bonchev–Trinajstić information content (AvgIpc) is 2.59. The molecule has 0 aliphatic carbocycles. The minimum atomic E-state index is -0.0706. The SMILES string of the molecule is Cc1ccc(C(=O)NC(C)C)cc1-c1ccc2c(C(C)(C)C)nncc2c1. The second kappa shape index (κ2) is 7.10. The van der Waals surface area contributed by atoms with Gasteiger partial charge in [-0.15, -0.1) is 0 Å². The predicted molar refractivity (Wildman–Crippen MR) is 111 cm³/mol. The molecule has 1 aromatic heterocycles. The molecule has 27 heavy (non-hydrogen) atoms. The Morgan fingerprint density at radius 1 is 1.07 bits per heavy atom. The maximum absolute atomic E-state index is 12.4. The molecule has 4 heteroatoms. The Bertz CT molecular complexity index is 1000. The normalized spacial score (nSPS) is 11.8. The summed E-state index contributed by atoms with van der Waals surface area (Å²) < 4.78 is 0. The van der Waals surface area contributed by atoms with Crippen LogP contribution in [0.1, 0.15) is 56.2 Å². The molecule has 0 saturated carbocycles. The van der Waals surface area contributed by atoms with Gasteiger partial charge in [0.05, 0.1) is 11.9 Å². The van der Waals surface area contributed by atoms with Crippen LogP contribution in [0.5, 0.6) is 0 Å². The van der Waals surface area contributed by atoms with Gasteiger partial charge < -0.3 is 5.32 Å². The van der Waals surface area contributed by atoms with E-state index in [2.05, 4.69) is 61.4 Å². The number of carbonyl (C=O) groups excluding carboxylic acids is 1. The monoisotopic (exact) mass is 361 g/mol. The predicted octanol–water partition coefficient (Wildman–Crippen LogP) is 5.04. The molecular weight excluding hydrogens is 334 g/mol. The quantitative estimate of drug-likeness (QED) is 0.711. The molecule has 0 fully saturated rings. The fraction of sp³-hybridized carbons (Fsp3) is 0.348. The number of nitrogens with one attached hydrogen (secondary N) is 1. The Morgan fingerprint density at radius 3 is 2.48 bits per heavy atom. The van der Waals surface area contributed by atoms with Gasteiger partial charge in [-0.1, -0.05) is 39.0 Å². The fourth-order valence-corrected chi connectivity index (χ4v) is 3.23. The van der Waals surface area contributed by atoms with Crippen molar-refractivity contribution >= 4 is 16.7 Å². The Balaban J connectivity index is 2.09. The van der Waals surface area contributed by atoms with Crippen LogP contribution in [-0.4, -0.2) is 22.1 Å². The van der Waals surface area contributed by atoms with E-state index in [0.717, 1.165) is 33.2 Å². The van der Waals surface area contributed by atoms with Gasteiger partial charge in [0.25, 0.3) is 5.91 Å². The molecule has 0 spiro atoms. The largest absolute Gasteiger partial charge is 0.350 e. The molecule has 2 aromatic carbocycles. The zero-order valence-corrected chi connectivity index (χ0v) is 16.9. The molecule has 0 radical (unpaired) electrons. The average molecular weight is 361 g/mol. The fourth-order valence-electron chi connectivity index (χ4n) is 3.23. The molecule has 140 valence electrons. The van der Waals surface area contributed by atoms with Crippen LogP contribution in [0.15, 0.2) is 42.6 Å². The van der Waals surface area contributed by atoms with Crippen LogP contribution in [0, 0.1) is 6.92 Å². The first kappa shape index (κ1) is 19.0. The van der Waals surface area contributed by atoms with Crippen LogP contribution < -0.4 is 5.32 Å². The number of aryl methyl sites for hydroxylation is 1. The minimum Gasteiger partial charge on any atom is -0.350 e. The van der Waals surface area contributed by atoms with E-state index >= 15 is 0 Å². The van der Waals surface area contributed by atoms with Crippen molar-refractivity contribution in [1.29, 1.82) is 0 Å². The number of hydrogen-bond donors (Lipinski definition) is 1. The van der Waals surface area contributed by atoms with E-state index in [9.17, 15) is 4.79 Å². The van der Waals surface area contributed by atoms with Gasteiger partial charge in [-0.25, -0.2) is 0 Å². The van der Waals surface area contributed by atoms with Crippen molar-refractivity contribution in [2.75, 3.05) is 0 Å². The maximum atomic E-state index is 12.4. The van der Waals surface area contributed by atoms with Crippen LogP contribution in [-0.2, 0) is 5.41 Å². The lowest BCUT2D eigenvalue weighted by atomic mass is 9.88. The third kappa shape index (κ3) is 4.00. The van der Waals surface area contributed by atoms with Gasteiger partial charge in [0, 0.05) is 27.8 Å². The summed E-state index contributed by atoms with van der Waals surface area (Å²) in [6, 6.07) is 12.3. The van der Waals surface area contributed by atoms with Crippen LogP contribution in [0.4, 0.5) is 0 Å². The van der Waals surface area contributed by atoms with Crippen molar-refractivity contribution in [1.82, 2.24) is 15.5 Å². The van der Waals surface area contributed by atoms with Crippen molar-refractivity contribution in [3.8, 4) is 11.1 Å². The number of amides is 1. The lowest BCUT2D eigenvalue weighted by Gasteiger charge is -2.19. The summed E-state index contributed by atoms with van der Waals surface area (Å²) in [5.74, 6) is -0.0482. The number of fused-ring (bicyclic) bond motifs is 1. The number of aromatic nitrogens is 2. The van der Waals surface area contributed by atoms with Crippen LogP contribution in [0.3, 0.4) is 0 Å². The van der Waals surface area contributed by atoms with E-state index in [0.29, 0.717) is 5.56 Å². The first-order valence-corrected chi connectivity index (χ1v) is 9.34. The van der Waals surface area contributed by atoms with Gasteiger partial charge >= 0.3 is 0 Å². The molecule has 0 atom stereocenters. The van der Waals surface area contributed by atoms with Crippen molar-refractivity contribution in [2.24, 2.45) is 0 Å². The number of benzene rings is 2. The number of carbonyl (C=O) groups is 1. The number of rotatable bonds is 3. The third-order valence-electron chi connectivity index (χ3n) is 4.60. The second-order valence-corrected chi connectivity index (χ2v) is 8.40. The molecule has 0 aliphatic heterocycles. The molecule has 0 saturated heterocycles. The first-order chi connectivity index (χ1) is 12.7. The highest BCUT2D eigenvalue weighted by atomic mass is 16.1. The Hall–Kier alpha value is -2.75. The molecule has 0 unspecified atom stereocenters. The van der Waals surface area contributed by atoms with Gasteiger partial charge in [-0.05, 0) is 55.7 Å². The molecular formula is C23H27N3O. The third-order valence-corrected chi connectivity index (χ3v) is 4.60.